The van der Waals surface area contributed by atoms with E-state index < -0.39 is 18.5 Å². The average molecular weight is 266 g/mol. The number of nitrogens with one attached hydrogen (secondary N) is 1. The maximum Gasteiger partial charge on any atom is 0.393 e. The van der Waals surface area contributed by atoms with Crippen molar-refractivity contribution < 1.29 is 18.0 Å². The number of rotatable bonds is 4. The van der Waals surface area contributed by atoms with Crippen molar-refractivity contribution in [2.24, 2.45) is 0 Å². The first kappa shape index (κ1) is 13.8. The lowest BCUT2D eigenvalue weighted by molar-refractivity contribution is -0.127. The van der Waals surface area contributed by atoms with Crippen LogP contribution in [0.25, 0.3) is 0 Å². The number of alkyl halides is 4. The summed E-state index contributed by atoms with van der Waals surface area (Å²) in [5.41, 5.74) is 0.609. The van der Waals surface area contributed by atoms with E-state index in [1.54, 1.807) is 12.1 Å². The summed E-state index contributed by atoms with van der Waals surface area (Å²) in [7, 11) is 0. The van der Waals surface area contributed by atoms with Crippen LogP contribution >= 0.6 is 11.6 Å². The SMILES string of the molecule is O=C(CCl)NCc1ccccc1CC(F)(F)F. The predicted molar refractivity (Wildman–Crippen MR) is 58.8 cm³/mol. The second-order valence-corrected chi connectivity index (χ2v) is 3.74. The highest BCUT2D eigenvalue weighted by molar-refractivity contribution is 6.27. The Labute approximate surface area is 102 Å². The summed E-state index contributed by atoms with van der Waals surface area (Å²) in [6.07, 6.45) is -5.26. The lowest BCUT2D eigenvalue weighted by Crippen LogP contribution is -2.25. The van der Waals surface area contributed by atoms with Crippen molar-refractivity contribution >= 4 is 17.5 Å². The molecule has 0 saturated carbocycles. The maximum absolute atomic E-state index is 12.3. The van der Waals surface area contributed by atoms with Crippen molar-refractivity contribution in [2.45, 2.75) is 19.1 Å². The standard InChI is InChI=1S/C11H11ClF3NO/c12-6-10(17)16-7-9-4-2-1-3-8(9)5-11(13,14)15/h1-4H,5-7H2,(H,16,17). The van der Waals surface area contributed by atoms with Gasteiger partial charge in [-0.25, -0.2) is 0 Å². The molecule has 0 aromatic heterocycles. The molecule has 1 aromatic carbocycles. The zero-order valence-electron chi connectivity index (χ0n) is 8.85. The third-order valence-corrected chi connectivity index (χ3v) is 2.35. The van der Waals surface area contributed by atoms with E-state index in [1.807, 2.05) is 0 Å². The maximum atomic E-state index is 12.3. The number of carbonyl (C=O) groups excluding carboxylic acids is 1. The van der Waals surface area contributed by atoms with Crippen LogP contribution in [0.15, 0.2) is 24.3 Å². The number of halogens is 4. The summed E-state index contributed by atoms with van der Waals surface area (Å²) >= 11 is 5.27. The topological polar surface area (TPSA) is 29.1 Å². The summed E-state index contributed by atoms with van der Waals surface area (Å²) < 4.78 is 36.8. The predicted octanol–water partition coefficient (Wildman–Crippen LogP) is 2.65. The van der Waals surface area contributed by atoms with Crippen molar-refractivity contribution in [2.75, 3.05) is 5.88 Å². The molecule has 2 nitrogen and oxygen atoms in total. The largest absolute Gasteiger partial charge is 0.393 e. The van der Waals surface area contributed by atoms with Crippen LogP contribution < -0.4 is 5.32 Å². The van der Waals surface area contributed by atoms with E-state index in [9.17, 15) is 18.0 Å². The number of hydrogen-bond donors (Lipinski definition) is 1. The molecule has 0 bridgehead atoms. The van der Waals surface area contributed by atoms with Gasteiger partial charge in [0.05, 0.1) is 6.42 Å². The molecule has 0 aliphatic rings. The molecule has 0 aliphatic carbocycles. The Morgan fingerprint density at radius 1 is 1.24 bits per heavy atom. The second-order valence-electron chi connectivity index (χ2n) is 3.47. The highest BCUT2D eigenvalue weighted by Gasteiger charge is 2.28. The van der Waals surface area contributed by atoms with E-state index in [2.05, 4.69) is 5.32 Å². The van der Waals surface area contributed by atoms with Crippen LogP contribution in [0, 0.1) is 0 Å². The number of amides is 1. The third kappa shape index (κ3) is 5.08. The normalized spacial score (nSPS) is 11.3. The first-order chi connectivity index (χ1) is 7.92. The quantitative estimate of drug-likeness (QED) is 0.833. The lowest BCUT2D eigenvalue weighted by Gasteiger charge is -2.12. The van der Waals surface area contributed by atoms with Crippen molar-refractivity contribution in [1.29, 1.82) is 0 Å². The van der Waals surface area contributed by atoms with Gasteiger partial charge in [0.25, 0.3) is 0 Å². The minimum absolute atomic E-state index is 0.0534. The molecule has 1 amide bonds. The number of carbonyl (C=O) groups is 1. The minimum atomic E-state index is -4.26. The van der Waals surface area contributed by atoms with Gasteiger partial charge in [0, 0.05) is 6.54 Å². The fraction of sp³-hybridized carbons (Fsp3) is 0.364. The van der Waals surface area contributed by atoms with Gasteiger partial charge in [-0.3, -0.25) is 4.79 Å². The molecule has 0 spiro atoms. The first-order valence-corrected chi connectivity index (χ1v) is 5.42. The minimum Gasteiger partial charge on any atom is -0.351 e. The summed E-state index contributed by atoms with van der Waals surface area (Å²) in [6, 6.07) is 6.11. The smallest absolute Gasteiger partial charge is 0.351 e. The summed E-state index contributed by atoms with van der Waals surface area (Å²) in [4.78, 5) is 10.9. The third-order valence-electron chi connectivity index (χ3n) is 2.11. The molecule has 17 heavy (non-hydrogen) atoms. The van der Waals surface area contributed by atoms with Gasteiger partial charge in [-0.2, -0.15) is 13.2 Å². The fourth-order valence-corrected chi connectivity index (χ4v) is 1.45. The van der Waals surface area contributed by atoms with E-state index >= 15 is 0 Å². The molecule has 1 N–H and O–H groups in total. The van der Waals surface area contributed by atoms with Crippen LogP contribution in [0.4, 0.5) is 13.2 Å². The van der Waals surface area contributed by atoms with Gasteiger partial charge in [0.1, 0.15) is 5.88 Å². The summed E-state index contributed by atoms with van der Waals surface area (Å²) in [5.74, 6) is -0.616. The highest BCUT2D eigenvalue weighted by Crippen LogP contribution is 2.23. The van der Waals surface area contributed by atoms with E-state index in [0.29, 0.717) is 5.56 Å². The number of benzene rings is 1. The molecule has 0 heterocycles. The summed E-state index contributed by atoms with van der Waals surface area (Å²) in [5, 5.41) is 2.44. The van der Waals surface area contributed by atoms with Crippen LogP contribution in [0.2, 0.25) is 0 Å². The van der Waals surface area contributed by atoms with Gasteiger partial charge in [-0.05, 0) is 11.1 Å². The summed E-state index contributed by atoms with van der Waals surface area (Å²) in [6.45, 7) is 0.0534. The van der Waals surface area contributed by atoms with Crippen LogP contribution in [0.3, 0.4) is 0 Å². The van der Waals surface area contributed by atoms with Crippen molar-refractivity contribution in [3.8, 4) is 0 Å². The molecule has 94 valence electrons. The fourth-order valence-electron chi connectivity index (χ4n) is 1.36. The van der Waals surface area contributed by atoms with Gasteiger partial charge in [-0.15, -0.1) is 11.6 Å². The van der Waals surface area contributed by atoms with Crippen molar-refractivity contribution in [1.82, 2.24) is 5.32 Å². The van der Waals surface area contributed by atoms with E-state index in [0.717, 1.165) is 0 Å². The molecule has 0 aliphatic heterocycles. The lowest BCUT2D eigenvalue weighted by atomic mass is 10.0. The Morgan fingerprint density at radius 2 is 1.82 bits per heavy atom. The molecular formula is C11H11ClF3NO. The Kier molecular flexibility index (Phi) is 4.81. The molecular weight excluding hydrogens is 255 g/mol. The van der Waals surface area contributed by atoms with Crippen LogP contribution in [0.1, 0.15) is 11.1 Å². The van der Waals surface area contributed by atoms with E-state index in [1.165, 1.54) is 12.1 Å². The van der Waals surface area contributed by atoms with Gasteiger partial charge in [0.15, 0.2) is 0 Å². The zero-order chi connectivity index (χ0) is 12.9. The molecule has 6 heteroatoms. The van der Waals surface area contributed by atoms with Gasteiger partial charge in [-0.1, -0.05) is 24.3 Å². The van der Waals surface area contributed by atoms with Gasteiger partial charge in [0.2, 0.25) is 5.91 Å². The van der Waals surface area contributed by atoms with Crippen LogP contribution in [-0.4, -0.2) is 18.0 Å². The molecule has 0 saturated heterocycles. The second kappa shape index (κ2) is 5.91. The Morgan fingerprint density at radius 3 is 2.35 bits per heavy atom. The molecule has 1 aromatic rings. The molecule has 0 radical (unpaired) electrons. The van der Waals surface area contributed by atoms with Gasteiger partial charge >= 0.3 is 6.18 Å². The van der Waals surface area contributed by atoms with Crippen molar-refractivity contribution in [3.63, 3.8) is 0 Å². The van der Waals surface area contributed by atoms with Crippen molar-refractivity contribution in [3.05, 3.63) is 35.4 Å². The number of hydrogen-bond acceptors (Lipinski definition) is 1. The van der Waals surface area contributed by atoms with E-state index in [-0.39, 0.29) is 18.0 Å². The Balaban J connectivity index is 2.74. The monoisotopic (exact) mass is 265 g/mol. The zero-order valence-corrected chi connectivity index (χ0v) is 9.61. The average Bonchev–Trinajstić information content (AvgIpc) is 2.25. The van der Waals surface area contributed by atoms with Crippen LogP contribution in [0.5, 0.6) is 0 Å². The molecule has 0 atom stereocenters. The Bertz CT molecular complexity index is 393. The van der Waals surface area contributed by atoms with E-state index in [4.69, 9.17) is 11.6 Å². The molecule has 1 rings (SSSR count). The first-order valence-electron chi connectivity index (χ1n) is 4.88. The highest BCUT2D eigenvalue weighted by atomic mass is 35.5. The Hall–Kier alpha value is -1.23. The van der Waals surface area contributed by atoms with Gasteiger partial charge < -0.3 is 5.32 Å². The van der Waals surface area contributed by atoms with Crippen LogP contribution in [-0.2, 0) is 17.8 Å². The molecule has 0 unspecified atom stereocenters. The molecule has 0 fully saturated rings.